The van der Waals surface area contributed by atoms with E-state index in [0.717, 1.165) is 5.56 Å². The van der Waals surface area contributed by atoms with Crippen molar-refractivity contribution in [2.45, 2.75) is 44.6 Å². The molecule has 1 aliphatic rings. The molecule has 0 saturated heterocycles. The molecule has 0 spiro atoms. The first-order valence-electron chi connectivity index (χ1n) is 10.2. The number of halogens is 3. The number of ether oxygens (including phenoxy) is 3. The van der Waals surface area contributed by atoms with Gasteiger partial charge in [-0.15, -0.1) is 0 Å². The Morgan fingerprint density at radius 1 is 0.871 bits per heavy atom. The molecule has 6 heteroatoms. The van der Waals surface area contributed by atoms with Gasteiger partial charge in [0.25, 0.3) is 0 Å². The third-order valence-corrected chi connectivity index (χ3v) is 5.19. The van der Waals surface area contributed by atoms with Crippen molar-refractivity contribution in [3.63, 3.8) is 0 Å². The second-order valence-electron chi connectivity index (χ2n) is 7.56. The predicted molar refractivity (Wildman–Crippen MR) is 112 cm³/mol. The van der Waals surface area contributed by atoms with Gasteiger partial charge in [-0.05, 0) is 66.8 Å². The van der Waals surface area contributed by atoms with E-state index in [9.17, 15) is 13.2 Å². The van der Waals surface area contributed by atoms with Gasteiger partial charge in [0.15, 0.2) is 11.5 Å². The fourth-order valence-electron chi connectivity index (χ4n) is 3.73. The molecule has 0 N–H and O–H groups in total. The zero-order chi connectivity index (χ0) is 21.8. The van der Waals surface area contributed by atoms with Crippen LogP contribution in [0.4, 0.5) is 13.2 Å². The van der Waals surface area contributed by atoms with Gasteiger partial charge in [-0.2, -0.15) is 13.2 Å². The summed E-state index contributed by atoms with van der Waals surface area (Å²) in [5.74, 6) is 0.674. The number of hydrogen-bond donors (Lipinski definition) is 0. The molecule has 0 amide bonds. The van der Waals surface area contributed by atoms with Gasteiger partial charge in [0.2, 0.25) is 6.29 Å². The average molecular weight is 428 g/mol. The first-order valence-corrected chi connectivity index (χ1v) is 10.2. The Hall–Kier alpha value is -3.15. The quantitative estimate of drug-likeness (QED) is 0.396. The Kier molecular flexibility index (Phi) is 6.07. The van der Waals surface area contributed by atoms with Crippen LogP contribution in [0.1, 0.15) is 36.8 Å². The number of rotatable bonds is 7. The molecule has 0 radical (unpaired) electrons. The van der Waals surface area contributed by atoms with Crippen molar-refractivity contribution in [2.24, 2.45) is 0 Å². The summed E-state index contributed by atoms with van der Waals surface area (Å²) in [4.78, 5) is 0. The van der Waals surface area contributed by atoms with Crippen molar-refractivity contribution in [1.82, 2.24) is 0 Å². The van der Waals surface area contributed by atoms with Crippen molar-refractivity contribution in [1.29, 1.82) is 0 Å². The third-order valence-electron chi connectivity index (χ3n) is 5.19. The van der Waals surface area contributed by atoms with Crippen LogP contribution in [0.25, 0.3) is 0 Å². The van der Waals surface area contributed by atoms with Crippen LogP contribution in [-0.4, -0.2) is 12.5 Å². The second kappa shape index (κ2) is 8.92. The summed E-state index contributed by atoms with van der Waals surface area (Å²) in [5, 5.41) is 0. The summed E-state index contributed by atoms with van der Waals surface area (Å²) in [6, 6.07) is 21.3. The van der Waals surface area contributed by atoms with E-state index in [4.69, 9.17) is 14.2 Å². The lowest BCUT2D eigenvalue weighted by Crippen LogP contribution is -2.21. The lowest BCUT2D eigenvalue weighted by molar-refractivity contribution is -0.152. The van der Waals surface area contributed by atoms with Crippen molar-refractivity contribution in [3.05, 3.63) is 83.9 Å². The monoisotopic (exact) mass is 428 g/mol. The molecular formula is C25H23F3O3. The number of hydrogen-bond acceptors (Lipinski definition) is 3. The van der Waals surface area contributed by atoms with Gasteiger partial charge < -0.3 is 14.2 Å². The van der Waals surface area contributed by atoms with Crippen LogP contribution in [-0.2, 0) is 6.42 Å². The van der Waals surface area contributed by atoms with Crippen LogP contribution < -0.4 is 14.2 Å². The summed E-state index contributed by atoms with van der Waals surface area (Å²) < 4.78 is 58.0. The van der Waals surface area contributed by atoms with Crippen molar-refractivity contribution < 1.29 is 27.4 Å². The van der Waals surface area contributed by atoms with Crippen molar-refractivity contribution in [3.8, 4) is 23.0 Å². The van der Waals surface area contributed by atoms with Crippen molar-refractivity contribution in [2.75, 3.05) is 0 Å². The number of alkyl halides is 3. The molecule has 0 fully saturated rings. The summed E-state index contributed by atoms with van der Waals surface area (Å²) in [7, 11) is 0. The third kappa shape index (κ3) is 5.32. The minimum Gasteiger partial charge on any atom is -0.457 e. The largest absolute Gasteiger partial charge is 0.457 e. The minimum absolute atomic E-state index is 0.0114. The lowest BCUT2D eigenvalue weighted by atomic mass is 9.91. The van der Waals surface area contributed by atoms with E-state index in [0.29, 0.717) is 35.8 Å². The normalized spacial score (nSPS) is 16.2. The van der Waals surface area contributed by atoms with E-state index in [1.807, 2.05) is 54.6 Å². The maximum Gasteiger partial charge on any atom is 0.395 e. The second-order valence-corrected chi connectivity index (χ2v) is 7.56. The number of benzene rings is 3. The number of aryl methyl sites for hydroxylation is 1. The Bertz CT molecular complexity index is 1020. The Morgan fingerprint density at radius 2 is 1.61 bits per heavy atom. The molecule has 3 nitrogen and oxygen atoms in total. The zero-order valence-electron chi connectivity index (χ0n) is 17.1. The summed E-state index contributed by atoms with van der Waals surface area (Å²) in [5.41, 5.74) is 1.14. The van der Waals surface area contributed by atoms with Gasteiger partial charge >= 0.3 is 6.18 Å². The van der Waals surface area contributed by atoms with Gasteiger partial charge in [-0.25, -0.2) is 0 Å². The molecule has 162 valence electrons. The molecule has 1 heterocycles. The van der Waals surface area contributed by atoms with E-state index in [1.54, 1.807) is 13.0 Å². The highest BCUT2D eigenvalue weighted by Gasteiger charge is 2.40. The Morgan fingerprint density at radius 3 is 2.39 bits per heavy atom. The van der Waals surface area contributed by atoms with Crippen molar-refractivity contribution >= 4 is 0 Å². The minimum atomic E-state index is -4.34. The molecule has 31 heavy (non-hydrogen) atoms. The highest BCUT2D eigenvalue weighted by Crippen LogP contribution is 2.43. The molecule has 0 aromatic heterocycles. The van der Waals surface area contributed by atoms with E-state index < -0.39 is 18.4 Å². The molecule has 3 aromatic carbocycles. The Labute approximate surface area is 179 Å². The molecule has 1 aliphatic heterocycles. The fraction of sp³-hybridized carbons (Fsp3) is 0.280. The maximum atomic E-state index is 13.8. The van der Waals surface area contributed by atoms with Crippen LogP contribution in [0.3, 0.4) is 0 Å². The molecule has 3 aromatic rings. The smallest absolute Gasteiger partial charge is 0.395 e. The summed E-state index contributed by atoms with van der Waals surface area (Å²) in [6.07, 6.45) is -3.91. The average Bonchev–Trinajstić information content (AvgIpc) is 3.10. The first kappa shape index (κ1) is 21.1. The van der Waals surface area contributed by atoms with E-state index in [-0.39, 0.29) is 12.0 Å². The molecule has 2 atom stereocenters. The molecule has 0 bridgehead atoms. The van der Waals surface area contributed by atoms with Crippen LogP contribution >= 0.6 is 0 Å². The first-order chi connectivity index (χ1) is 14.9. The van der Waals surface area contributed by atoms with Gasteiger partial charge in [0.1, 0.15) is 11.5 Å². The topological polar surface area (TPSA) is 27.7 Å². The van der Waals surface area contributed by atoms with E-state index in [2.05, 4.69) is 0 Å². The molecule has 0 aliphatic carbocycles. The molecule has 0 saturated carbocycles. The SMILES string of the molecule is CC1Oc2ccc(C(CCCc3cccc(Oc4ccccc4)c3)C(F)(F)F)cc2O1. The summed E-state index contributed by atoms with van der Waals surface area (Å²) in [6.45, 7) is 1.70. The standard InChI is InChI=1S/C25H23F3O3/c1-17-29-23-14-13-19(16-24(23)30-17)22(25(26,27)28)12-6-8-18-7-5-11-21(15-18)31-20-9-3-2-4-10-20/h2-5,7,9-11,13-17,22H,6,8,12H2,1H3. The summed E-state index contributed by atoms with van der Waals surface area (Å²) >= 11 is 0. The van der Waals surface area contributed by atoms with Crippen LogP contribution in [0, 0.1) is 0 Å². The van der Waals surface area contributed by atoms with Gasteiger partial charge in [-0.1, -0.05) is 36.4 Å². The molecule has 2 unspecified atom stereocenters. The maximum absolute atomic E-state index is 13.8. The number of fused-ring (bicyclic) bond motifs is 1. The lowest BCUT2D eigenvalue weighted by Gasteiger charge is -2.21. The van der Waals surface area contributed by atoms with Gasteiger partial charge in [-0.3, -0.25) is 0 Å². The van der Waals surface area contributed by atoms with Crippen LogP contribution in [0.15, 0.2) is 72.8 Å². The zero-order valence-corrected chi connectivity index (χ0v) is 17.1. The van der Waals surface area contributed by atoms with E-state index >= 15 is 0 Å². The predicted octanol–water partition coefficient (Wildman–Crippen LogP) is 7.26. The Balaban J connectivity index is 1.41. The molecule has 4 rings (SSSR count). The van der Waals surface area contributed by atoms with Crippen LogP contribution in [0.5, 0.6) is 23.0 Å². The molecular weight excluding hydrogens is 405 g/mol. The van der Waals surface area contributed by atoms with Gasteiger partial charge in [0, 0.05) is 6.92 Å². The van der Waals surface area contributed by atoms with Gasteiger partial charge in [0.05, 0.1) is 5.92 Å². The number of para-hydroxylation sites is 1. The van der Waals surface area contributed by atoms with E-state index in [1.165, 1.54) is 12.1 Å². The fourth-order valence-corrected chi connectivity index (χ4v) is 3.73. The highest BCUT2D eigenvalue weighted by molar-refractivity contribution is 5.46. The van der Waals surface area contributed by atoms with Crippen LogP contribution in [0.2, 0.25) is 0 Å². The highest BCUT2D eigenvalue weighted by atomic mass is 19.4.